The molecular formula is C20H24N2O4. The summed E-state index contributed by atoms with van der Waals surface area (Å²) in [6.07, 6.45) is -0.0650. The lowest BCUT2D eigenvalue weighted by atomic mass is 10.0. The third-order valence-corrected chi connectivity index (χ3v) is 4.27. The van der Waals surface area contributed by atoms with Crippen LogP contribution in [0.3, 0.4) is 0 Å². The molecule has 26 heavy (non-hydrogen) atoms. The number of aromatic amines is 1. The Kier molecular flexibility index (Phi) is 5.97. The number of methoxy groups -OCH3 is 1. The Hall–Kier alpha value is -2.89. The maximum Gasteiger partial charge on any atom is 0.339 e. The second kappa shape index (κ2) is 7.99. The van der Waals surface area contributed by atoms with Crippen LogP contribution in [0, 0.1) is 6.92 Å². The smallest absolute Gasteiger partial charge is 0.339 e. The number of benzene rings is 1. The molecule has 1 heterocycles. The van der Waals surface area contributed by atoms with Crippen molar-refractivity contribution < 1.29 is 19.1 Å². The Bertz CT molecular complexity index is 832. The first-order chi connectivity index (χ1) is 12.2. The van der Waals surface area contributed by atoms with Crippen LogP contribution in [0.25, 0.3) is 0 Å². The molecular weight excluding hydrogens is 332 g/mol. The molecule has 0 bridgehead atoms. The monoisotopic (exact) mass is 356 g/mol. The largest absolute Gasteiger partial charge is 0.465 e. The van der Waals surface area contributed by atoms with Gasteiger partial charge in [-0.15, -0.1) is 0 Å². The first kappa shape index (κ1) is 19.4. The highest BCUT2D eigenvalue weighted by atomic mass is 16.5. The number of nitrogens with one attached hydrogen (secondary N) is 2. The molecule has 0 unspecified atom stereocenters. The summed E-state index contributed by atoms with van der Waals surface area (Å²) >= 11 is 0. The van der Waals surface area contributed by atoms with Crippen LogP contribution in [0.5, 0.6) is 0 Å². The van der Waals surface area contributed by atoms with E-state index in [0.717, 1.165) is 0 Å². The van der Waals surface area contributed by atoms with Gasteiger partial charge in [0.1, 0.15) is 0 Å². The predicted molar refractivity (Wildman–Crippen MR) is 99.7 cm³/mol. The highest BCUT2D eigenvalue weighted by Crippen LogP contribution is 2.22. The summed E-state index contributed by atoms with van der Waals surface area (Å²) in [5, 5.41) is 2.80. The fourth-order valence-corrected chi connectivity index (χ4v) is 2.84. The minimum absolute atomic E-state index is 0.0650. The van der Waals surface area contributed by atoms with E-state index in [0.29, 0.717) is 28.6 Å². The van der Waals surface area contributed by atoms with Crippen LogP contribution in [0.1, 0.15) is 64.4 Å². The van der Waals surface area contributed by atoms with E-state index in [1.165, 1.54) is 19.6 Å². The summed E-state index contributed by atoms with van der Waals surface area (Å²) in [6, 6.07) is 7.62. The zero-order valence-electron chi connectivity index (χ0n) is 15.7. The molecule has 0 aliphatic rings. The van der Waals surface area contributed by atoms with Crippen molar-refractivity contribution in [3.63, 3.8) is 0 Å². The van der Waals surface area contributed by atoms with Crippen molar-refractivity contribution in [1.29, 1.82) is 0 Å². The average molecular weight is 356 g/mol. The molecule has 1 amide bonds. The number of hydrogen-bond acceptors (Lipinski definition) is 4. The molecule has 0 atom stereocenters. The molecule has 1 aromatic carbocycles. The molecule has 0 spiro atoms. The zero-order valence-corrected chi connectivity index (χ0v) is 15.7. The van der Waals surface area contributed by atoms with Gasteiger partial charge in [-0.05, 0) is 36.1 Å². The van der Waals surface area contributed by atoms with Gasteiger partial charge in [-0.25, -0.2) is 4.79 Å². The van der Waals surface area contributed by atoms with E-state index in [1.807, 2.05) is 24.3 Å². The number of Topliss-reactive ketones (excluding diaryl/α,β-unsaturated/α-hetero) is 1. The molecule has 0 aliphatic heterocycles. The summed E-state index contributed by atoms with van der Waals surface area (Å²) < 4.78 is 4.78. The summed E-state index contributed by atoms with van der Waals surface area (Å²) in [7, 11) is 1.27. The number of esters is 1. The second-order valence-corrected chi connectivity index (χ2v) is 6.53. The molecule has 2 rings (SSSR count). The third-order valence-electron chi connectivity index (χ3n) is 4.27. The quantitative estimate of drug-likeness (QED) is 0.611. The maximum absolute atomic E-state index is 12.4. The Morgan fingerprint density at radius 2 is 1.77 bits per heavy atom. The van der Waals surface area contributed by atoms with Crippen molar-refractivity contribution >= 4 is 23.3 Å². The lowest BCUT2D eigenvalue weighted by Gasteiger charge is -2.09. The minimum atomic E-state index is -0.574. The molecule has 0 aliphatic carbocycles. The number of aromatic nitrogens is 1. The predicted octanol–water partition coefficient (Wildman–Crippen LogP) is 3.62. The second-order valence-electron chi connectivity index (χ2n) is 6.53. The van der Waals surface area contributed by atoms with Gasteiger partial charge in [0.25, 0.3) is 0 Å². The van der Waals surface area contributed by atoms with E-state index in [9.17, 15) is 14.4 Å². The lowest BCUT2D eigenvalue weighted by molar-refractivity contribution is -0.115. The maximum atomic E-state index is 12.4. The normalized spacial score (nSPS) is 10.7. The van der Waals surface area contributed by atoms with E-state index in [4.69, 9.17) is 4.74 Å². The van der Waals surface area contributed by atoms with Crippen molar-refractivity contribution in [3.05, 3.63) is 52.3 Å². The topological polar surface area (TPSA) is 88.3 Å². The minimum Gasteiger partial charge on any atom is -0.465 e. The molecule has 2 N–H and O–H groups in total. The van der Waals surface area contributed by atoms with Crippen LogP contribution in [0.15, 0.2) is 24.3 Å². The molecule has 0 fully saturated rings. The molecule has 0 saturated carbocycles. The van der Waals surface area contributed by atoms with Gasteiger partial charge in [-0.3, -0.25) is 9.59 Å². The Morgan fingerprint density at radius 1 is 1.15 bits per heavy atom. The molecule has 2 aromatic rings. The van der Waals surface area contributed by atoms with Crippen molar-refractivity contribution in [3.8, 4) is 0 Å². The molecule has 0 radical (unpaired) electrons. The average Bonchev–Trinajstić information content (AvgIpc) is 2.91. The fourth-order valence-electron chi connectivity index (χ4n) is 2.84. The van der Waals surface area contributed by atoms with E-state index >= 15 is 0 Å². The summed E-state index contributed by atoms with van der Waals surface area (Å²) in [6.45, 7) is 7.26. The molecule has 1 aromatic heterocycles. The van der Waals surface area contributed by atoms with Crippen LogP contribution in [0.4, 0.5) is 5.69 Å². The fraction of sp³-hybridized carbons (Fsp3) is 0.350. The molecule has 6 nitrogen and oxygen atoms in total. The number of rotatable bonds is 6. The standard InChI is InChI=1S/C20H24N2O4/c1-11(2)14-6-8-15(9-7-14)21-17(24)10-16-18(20(25)26-5)12(3)19(22-16)13(4)23/h6-9,11,22H,10H2,1-5H3,(H,21,24). The SMILES string of the molecule is COC(=O)c1c(CC(=O)Nc2ccc(C(C)C)cc2)[nH]c(C(C)=O)c1C. The van der Waals surface area contributed by atoms with Gasteiger partial charge >= 0.3 is 5.97 Å². The van der Waals surface area contributed by atoms with Crippen LogP contribution in [-0.2, 0) is 16.0 Å². The lowest BCUT2D eigenvalue weighted by Crippen LogP contribution is -2.17. The first-order valence-corrected chi connectivity index (χ1v) is 8.45. The highest BCUT2D eigenvalue weighted by molar-refractivity contribution is 6.02. The number of carbonyl (C=O) groups excluding carboxylic acids is 3. The van der Waals surface area contributed by atoms with Gasteiger partial charge in [0, 0.05) is 18.3 Å². The van der Waals surface area contributed by atoms with Gasteiger partial charge in [0.05, 0.1) is 24.8 Å². The number of ether oxygens (including phenoxy) is 1. The van der Waals surface area contributed by atoms with Gasteiger partial charge in [0.15, 0.2) is 5.78 Å². The number of anilines is 1. The number of H-pyrrole nitrogens is 1. The third kappa shape index (κ3) is 4.20. The van der Waals surface area contributed by atoms with E-state index in [-0.39, 0.29) is 23.7 Å². The summed E-state index contributed by atoms with van der Waals surface area (Å²) in [5.41, 5.74) is 3.28. The van der Waals surface area contributed by atoms with Gasteiger partial charge < -0.3 is 15.0 Å². The first-order valence-electron chi connectivity index (χ1n) is 8.45. The number of ketones is 1. The molecule has 0 saturated heterocycles. The zero-order chi connectivity index (χ0) is 19.4. The van der Waals surface area contributed by atoms with E-state index < -0.39 is 5.97 Å². The number of hydrogen-bond donors (Lipinski definition) is 2. The van der Waals surface area contributed by atoms with Gasteiger partial charge in [0.2, 0.25) is 5.91 Å². The molecule has 138 valence electrons. The molecule has 6 heteroatoms. The van der Waals surface area contributed by atoms with Crippen molar-refractivity contribution in [2.24, 2.45) is 0 Å². The number of amides is 1. The van der Waals surface area contributed by atoms with Gasteiger partial charge in [-0.2, -0.15) is 0 Å². The Balaban J connectivity index is 2.21. The van der Waals surface area contributed by atoms with E-state index in [1.54, 1.807) is 6.92 Å². The van der Waals surface area contributed by atoms with Crippen LogP contribution in [-0.4, -0.2) is 29.8 Å². The Labute approximate surface area is 152 Å². The summed E-state index contributed by atoms with van der Waals surface area (Å²) in [5.74, 6) is -0.656. The van der Waals surface area contributed by atoms with Crippen LogP contribution < -0.4 is 5.32 Å². The van der Waals surface area contributed by atoms with Gasteiger partial charge in [-0.1, -0.05) is 26.0 Å². The highest BCUT2D eigenvalue weighted by Gasteiger charge is 2.24. The van der Waals surface area contributed by atoms with Crippen molar-refractivity contribution in [2.75, 3.05) is 12.4 Å². The Morgan fingerprint density at radius 3 is 2.27 bits per heavy atom. The summed E-state index contributed by atoms with van der Waals surface area (Å²) in [4.78, 5) is 39.0. The number of carbonyl (C=O) groups is 3. The van der Waals surface area contributed by atoms with Crippen LogP contribution >= 0.6 is 0 Å². The van der Waals surface area contributed by atoms with Crippen molar-refractivity contribution in [1.82, 2.24) is 4.98 Å². The van der Waals surface area contributed by atoms with Crippen LogP contribution in [0.2, 0.25) is 0 Å². The van der Waals surface area contributed by atoms with E-state index in [2.05, 4.69) is 24.1 Å². The van der Waals surface area contributed by atoms with Crippen molar-refractivity contribution in [2.45, 2.75) is 40.0 Å².